The van der Waals surface area contributed by atoms with Crippen LogP contribution in [-0.4, -0.2) is 25.0 Å². The summed E-state index contributed by atoms with van der Waals surface area (Å²) in [6.45, 7) is 1.71. The Kier molecular flexibility index (Phi) is 4.88. The summed E-state index contributed by atoms with van der Waals surface area (Å²) in [5.41, 5.74) is 6.71. The van der Waals surface area contributed by atoms with Crippen molar-refractivity contribution in [1.29, 1.82) is 0 Å². The van der Waals surface area contributed by atoms with Gasteiger partial charge in [-0.1, -0.05) is 18.9 Å². The number of hydrogen-bond acceptors (Lipinski definition) is 2. The van der Waals surface area contributed by atoms with E-state index in [0.717, 1.165) is 18.5 Å². The fourth-order valence-electron chi connectivity index (χ4n) is 2.89. The van der Waals surface area contributed by atoms with Crippen LogP contribution in [0.2, 0.25) is 0 Å². The summed E-state index contributed by atoms with van der Waals surface area (Å²) >= 11 is 0. The highest BCUT2D eigenvalue weighted by atomic mass is 19.2. The molecule has 0 bridgehead atoms. The first-order valence-electron chi connectivity index (χ1n) is 6.95. The number of nitrogens with zero attached hydrogens (tertiary/aromatic N) is 1. The number of rotatable bonds is 5. The quantitative estimate of drug-likeness (QED) is 0.889. The zero-order valence-corrected chi connectivity index (χ0v) is 11.4. The molecular weight excluding hydrogens is 246 g/mol. The van der Waals surface area contributed by atoms with E-state index in [1.165, 1.54) is 31.7 Å². The minimum Gasteiger partial charge on any atom is -0.323 e. The van der Waals surface area contributed by atoms with Crippen molar-refractivity contribution in [2.75, 3.05) is 20.1 Å². The average molecular weight is 268 g/mol. The molecule has 0 aliphatic heterocycles. The van der Waals surface area contributed by atoms with Gasteiger partial charge in [0.1, 0.15) is 0 Å². The Morgan fingerprint density at radius 3 is 2.58 bits per heavy atom. The van der Waals surface area contributed by atoms with Gasteiger partial charge in [0.05, 0.1) is 0 Å². The number of halogens is 2. The Labute approximate surface area is 113 Å². The maximum absolute atomic E-state index is 13.2. The van der Waals surface area contributed by atoms with Gasteiger partial charge in [0.2, 0.25) is 0 Å². The monoisotopic (exact) mass is 268 g/mol. The Bertz CT molecular complexity index is 417. The van der Waals surface area contributed by atoms with Gasteiger partial charge in [0, 0.05) is 19.1 Å². The molecule has 1 atom stereocenters. The summed E-state index contributed by atoms with van der Waals surface area (Å²) < 4.78 is 26.0. The van der Waals surface area contributed by atoms with E-state index in [0.29, 0.717) is 12.1 Å². The molecule has 2 N–H and O–H groups in total. The van der Waals surface area contributed by atoms with Gasteiger partial charge in [0.25, 0.3) is 0 Å². The maximum atomic E-state index is 13.2. The molecule has 0 aromatic heterocycles. The third-order valence-corrected chi connectivity index (χ3v) is 3.92. The predicted molar refractivity (Wildman–Crippen MR) is 72.7 cm³/mol. The summed E-state index contributed by atoms with van der Waals surface area (Å²) in [6, 6.07) is 3.62. The van der Waals surface area contributed by atoms with Crippen LogP contribution in [0.3, 0.4) is 0 Å². The predicted octanol–water partition coefficient (Wildman–Crippen LogP) is 3.09. The highest BCUT2D eigenvalue weighted by molar-refractivity contribution is 5.21. The zero-order valence-electron chi connectivity index (χ0n) is 11.4. The maximum Gasteiger partial charge on any atom is 0.159 e. The highest BCUT2D eigenvalue weighted by Crippen LogP contribution is 2.25. The molecule has 1 saturated carbocycles. The summed E-state index contributed by atoms with van der Waals surface area (Å²) in [7, 11) is 2.04. The van der Waals surface area contributed by atoms with Crippen molar-refractivity contribution >= 4 is 0 Å². The number of likely N-dealkylation sites (N-methyl/N-ethyl adjacent to an activating group) is 1. The van der Waals surface area contributed by atoms with Crippen LogP contribution < -0.4 is 5.73 Å². The van der Waals surface area contributed by atoms with E-state index in [1.54, 1.807) is 6.07 Å². The largest absolute Gasteiger partial charge is 0.323 e. The topological polar surface area (TPSA) is 29.3 Å². The van der Waals surface area contributed by atoms with E-state index in [2.05, 4.69) is 4.90 Å². The van der Waals surface area contributed by atoms with Crippen molar-refractivity contribution < 1.29 is 8.78 Å². The lowest BCUT2D eigenvalue weighted by Gasteiger charge is -2.24. The van der Waals surface area contributed by atoms with Crippen molar-refractivity contribution in [2.45, 2.75) is 31.7 Å². The zero-order chi connectivity index (χ0) is 13.8. The van der Waals surface area contributed by atoms with Gasteiger partial charge in [-0.15, -0.1) is 0 Å². The summed E-state index contributed by atoms with van der Waals surface area (Å²) in [5.74, 6) is -0.885. The molecule has 0 saturated heterocycles. The molecule has 1 aliphatic carbocycles. The fraction of sp³-hybridized carbons (Fsp3) is 0.600. The second kappa shape index (κ2) is 6.44. The summed E-state index contributed by atoms with van der Waals surface area (Å²) in [4.78, 5) is 2.20. The van der Waals surface area contributed by atoms with Crippen LogP contribution in [0.25, 0.3) is 0 Å². The lowest BCUT2D eigenvalue weighted by atomic mass is 10.1. The van der Waals surface area contributed by atoms with Crippen LogP contribution >= 0.6 is 0 Å². The molecule has 0 heterocycles. The number of benzene rings is 1. The molecule has 1 fully saturated rings. The van der Waals surface area contributed by atoms with Gasteiger partial charge < -0.3 is 10.6 Å². The molecule has 106 valence electrons. The van der Waals surface area contributed by atoms with Crippen molar-refractivity contribution in [2.24, 2.45) is 11.7 Å². The minimum atomic E-state index is -0.827. The Morgan fingerprint density at radius 2 is 1.95 bits per heavy atom. The fourth-order valence-corrected chi connectivity index (χ4v) is 2.89. The second-order valence-corrected chi connectivity index (χ2v) is 5.65. The molecule has 1 aromatic rings. The van der Waals surface area contributed by atoms with Crippen LogP contribution in [0.15, 0.2) is 18.2 Å². The van der Waals surface area contributed by atoms with Crippen molar-refractivity contribution in [3.63, 3.8) is 0 Å². The van der Waals surface area contributed by atoms with Crippen LogP contribution in [0.5, 0.6) is 0 Å². The molecule has 1 unspecified atom stereocenters. The van der Waals surface area contributed by atoms with E-state index in [-0.39, 0.29) is 6.04 Å². The first-order valence-corrected chi connectivity index (χ1v) is 6.95. The standard InChI is InChI=1S/C15H22F2N2/c1-19(9-11-4-2-3-5-11)10-15(18)12-6-7-13(16)14(17)8-12/h6-8,11,15H,2-5,9-10,18H2,1H3. The van der Waals surface area contributed by atoms with Gasteiger partial charge in [-0.3, -0.25) is 0 Å². The minimum absolute atomic E-state index is 0.276. The van der Waals surface area contributed by atoms with Crippen LogP contribution in [0.4, 0.5) is 8.78 Å². The SMILES string of the molecule is CN(CC1CCCC1)CC(N)c1ccc(F)c(F)c1. The lowest BCUT2D eigenvalue weighted by Crippen LogP contribution is -2.32. The first-order chi connectivity index (χ1) is 9.06. The molecule has 1 aliphatic rings. The van der Waals surface area contributed by atoms with Gasteiger partial charge >= 0.3 is 0 Å². The smallest absolute Gasteiger partial charge is 0.159 e. The van der Waals surface area contributed by atoms with Gasteiger partial charge in [-0.25, -0.2) is 8.78 Å². The van der Waals surface area contributed by atoms with E-state index in [9.17, 15) is 8.78 Å². The van der Waals surface area contributed by atoms with E-state index in [4.69, 9.17) is 5.73 Å². The van der Waals surface area contributed by atoms with E-state index >= 15 is 0 Å². The normalized spacial score (nSPS) is 18.2. The Morgan fingerprint density at radius 1 is 1.26 bits per heavy atom. The molecule has 1 aromatic carbocycles. The van der Waals surface area contributed by atoms with Crippen molar-refractivity contribution in [1.82, 2.24) is 4.90 Å². The van der Waals surface area contributed by atoms with Crippen molar-refractivity contribution in [3.8, 4) is 0 Å². The summed E-state index contributed by atoms with van der Waals surface area (Å²) in [5, 5.41) is 0. The van der Waals surface area contributed by atoms with E-state index < -0.39 is 11.6 Å². The van der Waals surface area contributed by atoms with Gasteiger partial charge in [-0.2, -0.15) is 0 Å². The lowest BCUT2D eigenvalue weighted by molar-refractivity contribution is 0.263. The third-order valence-electron chi connectivity index (χ3n) is 3.92. The third kappa shape index (κ3) is 3.98. The molecule has 19 heavy (non-hydrogen) atoms. The second-order valence-electron chi connectivity index (χ2n) is 5.65. The Balaban J connectivity index is 1.88. The molecule has 2 rings (SSSR count). The van der Waals surface area contributed by atoms with Crippen LogP contribution in [0, 0.1) is 17.6 Å². The summed E-state index contributed by atoms with van der Waals surface area (Å²) in [6.07, 6.45) is 5.25. The molecule has 0 radical (unpaired) electrons. The first kappa shape index (κ1) is 14.4. The van der Waals surface area contributed by atoms with E-state index in [1.807, 2.05) is 7.05 Å². The Hall–Kier alpha value is -1.00. The number of nitrogens with two attached hydrogens (primary N) is 1. The van der Waals surface area contributed by atoms with Crippen LogP contribution in [-0.2, 0) is 0 Å². The number of hydrogen-bond donors (Lipinski definition) is 1. The van der Waals surface area contributed by atoms with Crippen LogP contribution in [0.1, 0.15) is 37.3 Å². The van der Waals surface area contributed by atoms with Gasteiger partial charge in [0.15, 0.2) is 11.6 Å². The molecule has 0 spiro atoms. The van der Waals surface area contributed by atoms with Crippen molar-refractivity contribution in [3.05, 3.63) is 35.4 Å². The molecule has 0 amide bonds. The average Bonchev–Trinajstić information content (AvgIpc) is 2.85. The van der Waals surface area contributed by atoms with Gasteiger partial charge in [-0.05, 0) is 43.5 Å². The molecular formula is C15H22F2N2. The highest BCUT2D eigenvalue weighted by Gasteiger charge is 2.18. The molecule has 2 nitrogen and oxygen atoms in total. The molecule has 4 heteroatoms.